The van der Waals surface area contributed by atoms with Crippen molar-refractivity contribution in [1.82, 2.24) is 14.3 Å². The highest BCUT2D eigenvalue weighted by molar-refractivity contribution is 7.07. The molecule has 0 spiro atoms. The average molecular weight is 663 g/mol. The quantitative estimate of drug-likeness (QED) is 0.123. The molecule has 1 aliphatic rings. The molecule has 10 heteroatoms. The van der Waals surface area contributed by atoms with Gasteiger partial charge in [-0.15, -0.1) is 0 Å². The molecule has 48 heavy (non-hydrogen) atoms. The summed E-state index contributed by atoms with van der Waals surface area (Å²) in [5, 5.41) is 4.95. The topological polar surface area (TPSA) is 96.9 Å². The van der Waals surface area contributed by atoms with E-state index in [-0.39, 0.29) is 11.7 Å². The van der Waals surface area contributed by atoms with E-state index < -0.39 is 12.0 Å². The van der Waals surface area contributed by atoms with Gasteiger partial charge < -0.3 is 14.2 Å². The highest BCUT2D eigenvalue weighted by atomic mass is 32.1. The van der Waals surface area contributed by atoms with Gasteiger partial charge in [0.15, 0.2) is 4.80 Å². The highest BCUT2D eigenvalue weighted by Gasteiger charge is 2.34. The highest BCUT2D eigenvalue weighted by Crippen LogP contribution is 2.32. The van der Waals surface area contributed by atoms with Gasteiger partial charge in [0.2, 0.25) is 0 Å². The first-order chi connectivity index (χ1) is 23.3. The first kappa shape index (κ1) is 32.7. The van der Waals surface area contributed by atoms with Crippen molar-refractivity contribution in [3.8, 4) is 28.4 Å². The second-order valence-electron chi connectivity index (χ2n) is 11.7. The molecular formula is C38H38N4O5S. The standard InChI is InChI=1S/C38H38N4O5S/c1-6-7-21-46-31-19-13-26(14-20-31)34-28(23-41(40-34)29-11-9-8-10-12-29)22-32-36(43)42-35(27-15-17-30(45-5)18-16-27)33(37(44)47-24(2)3)25(4)39-38(42)48-32/h8-20,22-24,35H,6-7,21H2,1-5H3/b32-22-/t35-/m1/s1. The van der Waals surface area contributed by atoms with Gasteiger partial charge >= 0.3 is 5.97 Å². The van der Waals surface area contributed by atoms with Gasteiger partial charge in [-0.2, -0.15) is 5.10 Å². The van der Waals surface area contributed by atoms with Crippen LogP contribution in [-0.2, 0) is 9.53 Å². The lowest BCUT2D eigenvalue weighted by Gasteiger charge is -2.25. The Balaban J connectivity index is 1.49. The zero-order valence-electron chi connectivity index (χ0n) is 27.7. The number of rotatable bonds is 11. The molecule has 6 rings (SSSR count). The minimum absolute atomic E-state index is 0.264. The molecule has 0 amide bonds. The molecule has 0 N–H and O–H groups in total. The minimum atomic E-state index is -0.729. The van der Waals surface area contributed by atoms with E-state index >= 15 is 0 Å². The van der Waals surface area contributed by atoms with Crippen molar-refractivity contribution < 1.29 is 19.0 Å². The van der Waals surface area contributed by atoms with E-state index in [1.54, 1.807) is 32.4 Å². The number of esters is 1. The summed E-state index contributed by atoms with van der Waals surface area (Å²) in [7, 11) is 1.59. The molecule has 0 radical (unpaired) electrons. The molecule has 246 valence electrons. The fourth-order valence-electron chi connectivity index (χ4n) is 5.58. The molecule has 1 aliphatic heterocycles. The largest absolute Gasteiger partial charge is 0.497 e. The number of fused-ring (bicyclic) bond motifs is 1. The summed E-state index contributed by atoms with van der Waals surface area (Å²) >= 11 is 1.28. The van der Waals surface area contributed by atoms with Crippen LogP contribution >= 0.6 is 11.3 Å². The molecule has 0 saturated heterocycles. The fraction of sp³-hybridized carbons (Fsp3) is 0.263. The summed E-state index contributed by atoms with van der Waals surface area (Å²) in [5.41, 5.74) is 4.57. The van der Waals surface area contributed by atoms with Gasteiger partial charge in [0.1, 0.15) is 17.2 Å². The Morgan fingerprint density at radius 3 is 2.38 bits per heavy atom. The number of nitrogens with zero attached hydrogens (tertiary/aromatic N) is 4. The summed E-state index contributed by atoms with van der Waals surface area (Å²) in [4.78, 5) is 33.1. The second-order valence-corrected chi connectivity index (χ2v) is 12.8. The Bertz CT molecular complexity index is 2130. The first-order valence-corrected chi connectivity index (χ1v) is 16.8. The van der Waals surface area contributed by atoms with Crippen LogP contribution < -0.4 is 24.4 Å². The van der Waals surface area contributed by atoms with Crippen molar-refractivity contribution in [2.24, 2.45) is 4.99 Å². The summed E-state index contributed by atoms with van der Waals surface area (Å²) in [6.45, 7) is 8.17. The number of carbonyl (C=O) groups is 1. The number of hydrogen-bond acceptors (Lipinski definition) is 8. The number of thiazole rings is 1. The molecule has 9 nitrogen and oxygen atoms in total. The molecule has 0 aliphatic carbocycles. The van der Waals surface area contributed by atoms with Gasteiger partial charge in [-0.05, 0) is 87.4 Å². The van der Waals surface area contributed by atoms with Crippen LogP contribution in [0.5, 0.6) is 11.5 Å². The van der Waals surface area contributed by atoms with E-state index in [9.17, 15) is 9.59 Å². The lowest BCUT2D eigenvalue weighted by Crippen LogP contribution is -2.40. The van der Waals surface area contributed by atoms with Gasteiger partial charge in [0.25, 0.3) is 5.56 Å². The summed E-state index contributed by atoms with van der Waals surface area (Å²) in [6, 6.07) is 24.3. The van der Waals surface area contributed by atoms with E-state index in [1.807, 2.05) is 95.8 Å². The zero-order chi connectivity index (χ0) is 33.8. The predicted octanol–water partition coefficient (Wildman–Crippen LogP) is 6.23. The monoisotopic (exact) mass is 662 g/mol. The van der Waals surface area contributed by atoms with E-state index in [1.165, 1.54) is 11.3 Å². The van der Waals surface area contributed by atoms with Crippen LogP contribution in [0.2, 0.25) is 0 Å². The van der Waals surface area contributed by atoms with E-state index in [2.05, 4.69) is 6.92 Å². The number of unbranched alkanes of at least 4 members (excludes halogenated alkanes) is 1. The molecule has 5 aromatic rings. The molecule has 0 unspecified atom stereocenters. The van der Waals surface area contributed by atoms with Crippen LogP contribution in [-0.4, -0.2) is 40.1 Å². The number of allylic oxidation sites excluding steroid dienone is 1. The van der Waals surface area contributed by atoms with Crippen molar-refractivity contribution in [3.63, 3.8) is 0 Å². The van der Waals surface area contributed by atoms with Crippen LogP contribution in [0, 0.1) is 0 Å². The lowest BCUT2D eigenvalue weighted by atomic mass is 9.96. The Labute approximate surface area is 283 Å². The Kier molecular flexibility index (Phi) is 9.72. The summed E-state index contributed by atoms with van der Waals surface area (Å²) < 4.78 is 20.8. The van der Waals surface area contributed by atoms with Crippen LogP contribution in [0.25, 0.3) is 23.0 Å². The van der Waals surface area contributed by atoms with Gasteiger partial charge in [-0.3, -0.25) is 9.36 Å². The molecule has 2 aromatic heterocycles. The summed E-state index contributed by atoms with van der Waals surface area (Å²) in [6.07, 6.45) is 5.49. The summed E-state index contributed by atoms with van der Waals surface area (Å²) in [5.74, 6) is 0.960. The van der Waals surface area contributed by atoms with Crippen molar-refractivity contribution >= 4 is 23.4 Å². The molecule has 3 heterocycles. The predicted molar refractivity (Wildman–Crippen MR) is 187 cm³/mol. The van der Waals surface area contributed by atoms with E-state index in [0.717, 1.165) is 41.0 Å². The first-order valence-electron chi connectivity index (χ1n) is 16.0. The van der Waals surface area contributed by atoms with Crippen LogP contribution in [0.15, 0.2) is 106 Å². The lowest BCUT2D eigenvalue weighted by molar-refractivity contribution is -0.143. The van der Waals surface area contributed by atoms with Crippen LogP contribution in [0.3, 0.4) is 0 Å². The van der Waals surface area contributed by atoms with Crippen molar-refractivity contribution in [1.29, 1.82) is 0 Å². The van der Waals surface area contributed by atoms with Crippen LogP contribution in [0.4, 0.5) is 0 Å². The van der Waals surface area contributed by atoms with Gasteiger partial charge in [0, 0.05) is 17.3 Å². The molecule has 3 aromatic carbocycles. The maximum absolute atomic E-state index is 14.4. The maximum atomic E-state index is 14.4. The zero-order valence-corrected chi connectivity index (χ0v) is 28.5. The number of para-hydroxylation sites is 1. The number of aromatic nitrogens is 3. The van der Waals surface area contributed by atoms with E-state index in [0.29, 0.717) is 38.7 Å². The number of ether oxygens (including phenoxy) is 3. The molecule has 1 atom stereocenters. The Hall–Kier alpha value is -5.22. The second kappa shape index (κ2) is 14.3. The molecule has 0 bridgehead atoms. The minimum Gasteiger partial charge on any atom is -0.497 e. The SMILES string of the molecule is CCCCOc1ccc(-c2nn(-c3ccccc3)cc2/C=c2\sc3n(c2=O)[C@H](c2ccc(OC)cc2)C(C(=O)OC(C)C)=C(C)N=3)cc1. The fourth-order valence-corrected chi connectivity index (χ4v) is 6.61. The van der Waals surface area contributed by atoms with Crippen LogP contribution in [0.1, 0.15) is 57.7 Å². The Morgan fingerprint density at radius 1 is 1.00 bits per heavy atom. The third-order valence-electron chi connectivity index (χ3n) is 7.96. The maximum Gasteiger partial charge on any atom is 0.338 e. The van der Waals surface area contributed by atoms with Gasteiger partial charge in [-0.25, -0.2) is 14.5 Å². The third-order valence-corrected chi connectivity index (χ3v) is 8.94. The molecule has 0 fully saturated rings. The van der Waals surface area contributed by atoms with Gasteiger partial charge in [-0.1, -0.05) is 55.0 Å². The normalized spacial score (nSPS) is 14.5. The van der Waals surface area contributed by atoms with Crippen molar-refractivity contribution in [2.45, 2.75) is 52.7 Å². The Morgan fingerprint density at radius 2 is 1.71 bits per heavy atom. The van der Waals surface area contributed by atoms with E-state index in [4.69, 9.17) is 24.3 Å². The molecule has 0 saturated carbocycles. The number of methoxy groups -OCH3 is 1. The molecular weight excluding hydrogens is 625 g/mol. The van der Waals surface area contributed by atoms with Crippen molar-refractivity contribution in [2.75, 3.05) is 13.7 Å². The van der Waals surface area contributed by atoms with Crippen molar-refractivity contribution in [3.05, 3.63) is 127 Å². The number of carbonyl (C=O) groups excluding carboxylic acids is 1. The number of hydrogen-bond donors (Lipinski definition) is 0. The smallest absolute Gasteiger partial charge is 0.338 e. The third kappa shape index (κ3) is 6.75. The average Bonchev–Trinajstić information content (AvgIpc) is 3.65. The number of benzene rings is 3. The van der Waals surface area contributed by atoms with Gasteiger partial charge in [0.05, 0.1) is 47.4 Å².